The van der Waals surface area contributed by atoms with Crippen molar-refractivity contribution in [2.24, 2.45) is 0 Å². The van der Waals surface area contributed by atoms with Crippen LogP contribution in [0.25, 0.3) is 48.4 Å². The summed E-state index contributed by atoms with van der Waals surface area (Å²) in [4.78, 5) is 9.96. The molecule has 0 saturated carbocycles. The average molecular weight is 682 g/mol. The lowest BCUT2D eigenvalue weighted by atomic mass is 9.34. The van der Waals surface area contributed by atoms with E-state index >= 15 is 0 Å². The minimum Gasteiger partial charge on any atom is -0.458 e. The molecule has 248 valence electrons. The van der Waals surface area contributed by atoms with E-state index in [0.29, 0.717) is 0 Å². The first-order valence-electron chi connectivity index (χ1n) is 17.6. The third kappa shape index (κ3) is 4.67. The van der Waals surface area contributed by atoms with Gasteiger partial charge in [-0.05, 0) is 99.6 Å². The maximum atomic E-state index is 6.95. The minimum atomic E-state index is -0.101. The molecule has 0 spiro atoms. The molecule has 5 aromatic carbocycles. The lowest BCUT2D eigenvalue weighted by Crippen LogP contribution is -2.57. The van der Waals surface area contributed by atoms with E-state index in [1.165, 1.54) is 21.2 Å². The summed E-state index contributed by atoms with van der Waals surface area (Å²) in [5.74, 6) is 4.35. The monoisotopic (exact) mass is 681 g/mol. The molecular weight excluding hydrogens is 645 g/mol. The van der Waals surface area contributed by atoms with Crippen molar-refractivity contribution in [2.75, 3.05) is 0 Å². The normalized spacial score (nSPS) is 13.6. The smallest absolute Gasteiger partial charge is 0.260 e. The number of fused-ring (bicyclic) bond motifs is 8. The fourth-order valence-electron chi connectivity index (χ4n) is 7.78. The third-order valence-corrected chi connectivity index (χ3v) is 11.6. The summed E-state index contributed by atoms with van der Waals surface area (Å²) < 4.78 is 17.2. The summed E-state index contributed by atoms with van der Waals surface area (Å²) in [6.07, 6.45) is 1.94. The zero-order valence-electron chi connectivity index (χ0n) is 29.5. The van der Waals surface area contributed by atoms with Gasteiger partial charge in [0.05, 0.1) is 21.3 Å². The van der Waals surface area contributed by atoms with E-state index in [1.807, 2.05) is 12.3 Å². The summed E-state index contributed by atoms with van der Waals surface area (Å²) in [7, 11) is 0. The number of benzene rings is 5. The molecule has 51 heavy (non-hydrogen) atoms. The molecule has 10 rings (SSSR count). The molecule has 0 saturated heterocycles. The van der Waals surface area contributed by atoms with Crippen molar-refractivity contribution in [1.29, 1.82) is 0 Å². The van der Waals surface area contributed by atoms with Crippen molar-refractivity contribution in [1.82, 2.24) is 14.5 Å². The molecule has 0 atom stereocenters. The molecule has 5 nitrogen and oxygen atoms in total. The van der Waals surface area contributed by atoms with Gasteiger partial charge in [-0.15, -0.1) is 11.3 Å². The second-order valence-corrected chi connectivity index (χ2v) is 17.0. The Morgan fingerprint density at radius 1 is 0.627 bits per heavy atom. The van der Waals surface area contributed by atoms with Crippen LogP contribution in [0.15, 0.2) is 109 Å². The Balaban J connectivity index is 1.25. The standard InChI is InChI=1S/C44H36BN3O2S/c1-43(2,3)26-17-18-46-40(22-26)48-33-13-9-7-11-28(33)29-23-36-31(24-34(29)48)45-30-19-25(42-47-32-12-8-10-14-39(32)51-42)15-16-35(30)49-37-20-27(44(4,5)6)21-38(50-36)41(37)45/h7-24H,1-6H3. The summed E-state index contributed by atoms with van der Waals surface area (Å²) in [5.41, 5.74) is 9.94. The SMILES string of the molecule is CC(C)(C)c1ccnc(-n2c3ccccc3c3cc4c(cc32)B2c3cc(-c5nc6ccccc6s5)ccc3Oc3cc(C(C)(C)C)cc(c32)O4)c1. The summed E-state index contributed by atoms with van der Waals surface area (Å²) >= 11 is 1.72. The number of pyridine rings is 1. The maximum Gasteiger partial charge on any atom is 0.260 e. The quantitative estimate of drug-likeness (QED) is 0.171. The minimum absolute atomic E-state index is 0.0116. The highest BCUT2D eigenvalue weighted by atomic mass is 32.1. The van der Waals surface area contributed by atoms with Gasteiger partial charge in [-0.25, -0.2) is 9.97 Å². The highest BCUT2D eigenvalue weighted by Crippen LogP contribution is 2.42. The van der Waals surface area contributed by atoms with Gasteiger partial charge in [0.25, 0.3) is 6.71 Å². The summed E-state index contributed by atoms with van der Waals surface area (Å²) in [6, 6.07) is 36.9. The van der Waals surface area contributed by atoms with Crippen molar-refractivity contribution in [2.45, 2.75) is 52.4 Å². The van der Waals surface area contributed by atoms with Crippen LogP contribution in [0.2, 0.25) is 0 Å². The number of hydrogen-bond acceptors (Lipinski definition) is 5. The molecule has 0 amide bonds. The van der Waals surface area contributed by atoms with E-state index in [2.05, 4.69) is 143 Å². The Morgan fingerprint density at radius 3 is 2.14 bits per heavy atom. The average Bonchev–Trinajstić information content (AvgIpc) is 3.69. The third-order valence-electron chi connectivity index (χ3n) is 10.5. The second-order valence-electron chi connectivity index (χ2n) is 15.9. The van der Waals surface area contributed by atoms with Crippen LogP contribution in [0.1, 0.15) is 52.7 Å². The molecule has 0 N–H and O–H groups in total. The van der Waals surface area contributed by atoms with Gasteiger partial charge >= 0.3 is 0 Å². The number of thiazole rings is 1. The van der Waals surface area contributed by atoms with Crippen molar-refractivity contribution in [3.63, 3.8) is 0 Å². The van der Waals surface area contributed by atoms with Gasteiger partial charge in [-0.2, -0.15) is 0 Å². The Kier molecular flexibility index (Phi) is 6.30. The summed E-state index contributed by atoms with van der Waals surface area (Å²) in [5, 5.41) is 3.31. The Bertz CT molecular complexity index is 2710. The molecule has 8 aromatic rings. The molecule has 0 fully saturated rings. The number of aromatic nitrogens is 3. The van der Waals surface area contributed by atoms with Gasteiger partial charge < -0.3 is 9.47 Å². The molecule has 0 aliphatic carbocycles. The number of rotatable bonds is 2. The number of hydrogen-bond donors (Lipinski definition) is 0. The van der Waals surface area contributed by atoms with E-state index in [9.17, 15) is 0 Å². The van der Waals surface area contributed by atoms with Crippen molar-refractivity contribution < 1.29 is 9.47 Å². The Labute approximate surface area is 301 Å². The number of para-hydroxylation sites is 2. The van der Waals surface area contributed by atoms with E-state index in [4.69, 9.17) is 19.4 Å². The van der Waals surface area contributed by atoms with Crippen LogP contribution < -0.4 is 25.9 Å². The van der Waals surface area contributed by atoms with Gasteiger partial charge in [0.15, 0.2) is 0 Å². The van der Waals surface area contributed by atoms with Crippen LogP contribution in [0.4, 0.5) is 0 Å². The van der Waals surface area contributed by atoms with E-state index < -0.39 is 0 Å². The highest BCUT2D eigenvalue weighted by molar-refractivity contribution is 7.21. The predicted octanol–water partition coefficient (Wildman–Crippen LogP) is 9.78. The van der Waals surface area contributed by atoms with Gasteiger partial charge in [0.1, 0.15) is 33.8 Å². The molecule has 0 unspecified atom stereocenters. The molecule has 2 aliphatic rings. The van der Waals surface area contributed by atoms with Crippen LogP contribution in [0.5, 0.6) is 23.0 Å². The molecule has 2 aliphatic heterocycles. The first-order valence-corrected chi connectivity index (χ1v) is 18.4. The van der Waals surface area contributed by atoms with Gasteiger partial charge in [-0.1, -0.05) is 77.9 Å². The van der Waals surface area contributed by atoms with Crippen molar-refractivity contribution in [3.8, 4) is 39.4 Å². The lowest BCUT2D eigenvalue weighted by molar-refractivity contribution is 0.459. The summed E-state index contributed by atoms with van der Waals surface area (Å²) in [6.45, 7) is 13.3. The van der Waals surface area contributed by atoms with Crippen LogP contribution in [-0.4, -0.2) is 21.2 Å². The van der Waals surface area contributed by atoms with Gasteiger partial charge in [-0.3, -0.25) is 4.57 Å². The van der Waals surface area contributed by atoms with Crippen molar-refractivity contribution >= 4 is 66.5 Å². The topological polar surface area (TPSA) is 49.2 Å². The Hall–Kier alpha value is -5.40. The molecule has 0 radical (unpaired) electrons. The van der Waals surface area contributed by atoms with Crippen LogP contribution in [0.3, 0.4) is 0 Å². The predicted molar refractivity (Wildman–Crippen MR) is 212 cm³/mol. The molecular formula is C44H36BN3O2S. The first kappa shape index (κ1) is 30.4. The molecule has 5 heterocycles. The fraction of sp³-hybridized carbons (Fsp3) is 0.182. The van der Waals surface area contributed by atoms with Gasteiger partial charge in [0.2, 0.25) is 0 Å². The van der Waals surface area contributed by atoms with Gasteiger partial charge in [0, 0.05) is 28.0 Å². The van der Waals surface area contributed by atoms with E-state index in [-0.39, 0.29) is 17.5 Å². The van der Waals surface area contributed by atoms with E-state index in [0.717, 1.165) is 77.7 Å². The number of ether oxygens (including phenoxy) is 2. The lowest BCUT2D eigenvalue weighted by Gasteiger charge is -2.35. The zero-order valence-corrected chi connectivity index (χ0v) is 30.4. The first-order chi connectivity index (χ1) is 24.5. The number of nitrogens with zero attached hydrogens (tertiary/aromatic N) is 3. The molecule has 3 aromatic heterocycles. The van der Waals surface area contributed by atoms with Crippen molar-refractivity contribution in [3.05, 3.63) is 120 Å². The second kappa shape index (κ2) is 10.6. The van der Waals surface area contributed by atoms with E-state index in [1.54, 1.807) is 11.3 Å². The maximum absolute atomic E-state index is 6.95. The van der Waals surface area contributed by atoms with Crippen LogP contribution in [-0.2, 0) is 10.8 Å². The fourth-order valence-corrected chi connectivity index (χ4v) is 8.74. The van der Waals surface area contributed by atoms with Crippen LogP contribution in [0, 0.1) is 0 Å². The molecule has 7 heteroatoms. The van der Waals surface area contributed by atoms with Crippen LogP contribution >= 0.6 is 11.3 Å². The highest BCUT2D eigenvalue weighted by Gasteiger charge is 2.42. The largest absolute Gasteiger partial charge is 0.458 e. The Morgan fingerprint density at radius 2 is 1.35 bits per heavy atom. The zero-order chi connectivity index (χ0) is 34.8. The molecule has 0 bridgehead atoms.